The SMILES string of the molecule is O=P1(COc2ccc(Cc3cc([C@@H]4O[C@H](CO)[C@@H](O)C(O)[C@H]4O)ccc3Cl)cc2)CCCC1. The molecule has 7 nitrogen and oxygen atoms in total. The van der Waals surface area contributed by atoms with Gasteiger partial charge in [0.2, 0.25) is 0 Å². The monoisotopic (exact) mass is 496 g/mol. The normalized spacial score (nSPS) is 29.2. The first-order valence-corrected chi connectivity index (χ1v) is 13.8. The number of benzene rings is 2. The zero-order valence-electron chi connectivity index (χ0n) is 18.2. The second-order valence-electron chi connectivity index (χ2n) is 8.91. The first-order chi connectivity index (χ1) is 15.8. The van der Waals surface area contributed by atoms with E-state index in [0.717, 1.165) is 36.3 Å². The van der Waals surface area contributed by atoms with Crippen molar-refractivity contribution in [1.82, 2.24) is 0 Å². The van der Waals surface area contributed by atoms with Crippen molar-refractivity contribution in [2.45, 2.75) is 49.8 Å². The van der Waals surface area contributed by atoms with Crippen molar-refractivity contribution in [3.8, 4) is 5.75 Å². The van der Waals surface area contributed by atoms with Crippen molar-refractivity contribution in [1.29, 1.82) is 0 Å². The molecule has 2 aliphatic rings. The molecule has 2 aromatic carbocycles. The highest BCUT2D eigenvalue weighted by Gasteiger charge is 2.44. The molecule has 4 rings (SSSR count). The zero-order chi connectivity index (χ0) is 23.6. The fourth-order valence-electron chi connectivity index (χ4n) is 4.44. The lowest BCUT2D eigenvalue weighted by Gasteiger charge is -2.40. The van der Waals surface area contributed by atoms with E-state index < -0.39 is 44.3 Å². The van der Waals surface area contributed by atoms with Crippen LogP contribution >= 0.6 is 18.7 Å². The molecule has 2 aromatic rings. The smallest absolute Gasteiger partial charge is 0.141 e. The molecule has 0 bridgehead atoms. The average molecular weight is 497 g/mol. The molecule has 9 heteroatoms. The van der Waals surface area contributed by atoms with Crippen molar-refractivity contribution in [2.75, 3.05) is 25.3 Å². The molecule has 180 valence electrons. The molecule has 1 unspecified atom stereocenters. The van der Waals surface area contributed by atoms with Gasteiger partial charge in [0.05, 0.1) is 6.61 Å². The number of aliphatic hydroxyl groups is 4. The van der Waals surface area contributed by atoms with E-state index in [4.69, 9.17) is 21.1 Å². The first-order valence-electron chi connectivity index (χ1n) is 11.2. The maximum atomic E-state index is 12.6. The van der Waals surface area contributed by atoms with Crippen LogP contribution in [0.2, 0.25) is 5.02 Å². The van der Waals surface area contributed by atoms with E-state index in [9.17, 15) is 25.0 Å². The van der Waals surface area contributed by atoms with Crippen LogP contribution in [0.5, 0.6) is 5.75 Å². The predicted octanol–water partition coefficient (Wildman–Crippen LogP) is 2.94. The van der Waals surface area contributed by atoms with Crippen molar-refractivity contribution < 1.29 is 34.5 Å². The van der Waals surface area contributed by atoms with E-state index in [1.165, 1.54) is 0 Å². The van der Waals surface area contributed by atoms with Crippen LogP contribution in [-0.2, 0) is 15.7 Å². The summed E-state index contributed by atoms with van der Waals surface area (Å²) >= 11 is 6.41. The summed E-state index contributed by atoms with van der Waals surface area (Å²) in [7, 11) is -2.17. The number of hydrogen-bond acceptors (Lipinski definition) is 7. The highest BCUT2D eigenvalue weighted by atomic mass is 35.5. The molecule has 2 fully saturated rings. The molecule has 0 amide bonds. The maximum Gasteiger partial charge on any atom is 0.141 e. The standard InChI is InChI=1S/C24H30ClO7P/c25-19-8-5-16(24-23(29)22(28)21(27)20(13-26)32-24)12-17(19)11-15-3-6-18(7-4-15)31-14-33(30)9-1-2-10-33/h3-8,12,20-24,26-29H,1-2,9-11,13-14H2/t20-,21-,22?,23-,24+/m1/s1. The molecule has 33 heavy (non-hydrogen) atoms. The minimum Gasteiger partial charge on any atom is -0.486 e. The van der Waals surface area contributed by atoms with Crippen molar-refractivity contribution in [3.63, 3.8) is 0 Å². The van der Waals surface area contributed by atoms with E-state index >= 15 is 0 Å². The van der Waals surface area contributed by atoms with Gasteiger partial charge in [0, 0.05) is 17.3 Å². The van der Waals surface area contributed by atoms with E-state index in [-0.39, 0.29) is 0 Å². The van der Waals surface area contributed by atoms with Crippen LogP contribution in [0.25, 0.3) is 0 Å². The summed E-state index contributed by atoms with van der Waals surface area (Å²) in [5.74, 6) is 0.682. The third-order valence-electron chi connectivity index (χ3n) is 6.46. The van der Waals surface area contributed by atoms with Crippen LogP contribution in [0.3, 0.4) is 0 Å². The molecule has 2 saturated heterocycles. The summed E-state index contributed by atoms with van der Waals surface area (Å²) in [5.41, 5.74) is 2.38. The Balaban J connectivity index is 1.45. The third kappa shape index (κ3) is 5.63. The van der Waals surface area contributed by atoms with Crippen LogP contribution in [0.15, 0.2) is 42.5 Å². The minimum atomic E-state index is -2.17. The van der Waals surface area contributed by atoms with Crippen LogP contribution < -0.4 is 4.74 Å². The Morgan fingerprint density at radius 1 is 1.00 bits per heavy atom. The fourth-order valence-corrected chi connectivity index (χ4v) is 7.09. The Hall–Kier alpha value is -1.44. The summed E-state index contributed by atoms with van der Waals surface area (Å²) in [6.45, 7) is -0.480. The number of halogens is 1. The van der Waals surface area contributed by atoms with E-state index in [2.05, 4.69) is 0 Å². The van der Waals surface area contributed by atoms with Crippen molar-refractivity contribution >= 4 is 18.7 Å². The predicted molar refractivity (Wildman–Crippen MR) is 125 cm³/mol. The largest absolute Gasteiger partial charge is 0.486 e. The van der Waals surface area contributed by atoms with Gasteiger partial charge in [0.1, 0.15) is 49.8 Å². The Morgan fingerprint density at radius 3 is 2.36 bits per heavy atom. The van der Waals surface area contributed by atoms with Crippen LogP contribution in [-0.4, -0.2) is 70.1 Å². The number of ether oxygens (including phenoxy) is 2. The highest BCUT2D eigenvalue weighted by Crippen LogP contribution is 2.51. The van der Waals surface area contributed by atoms with Gasteiger partial charge in [-0.2, -0.15) is 0 Å². The third-order valence-corrected chi connectivity index (χ3v) is 9.69. The topological polar surface area (TPSA) is 116 Å². The van der Waals surface area contributed by atoms with Crippen LogP contribution in [0.1, 0.15) is 35.6 Å². The molecule has 5 atom stereocenters. The lowest BCUT2D eigenvalue weighted by Crippen LogP contribution is -2.55. The second kappa shape index (κ2) is 10.4. The lowest BCUT2D eigenvalue weighted by molar-refractivity contribution is -0.231. The van der Waals surface area contributed by atoms with Gasteiger partial charge in [-0.15, -0.1) is 0 Å². The summed E-state index contributed by atoms with van der Waals surface area (Å²) in [5, 5.41) is 40.5. The number of hydrogen-bond donors (Lipinski definition) is 4. The maximum absolute atomic E-state index is 12.6. The van der Waals surface area contributed by atoms with Gasteiger partial charge in [-0.25, -0.2) is 0 Å². The minimum absolute atomic E-state index is 0.291. The van der Waals surface area contributed by atoms with Gasteiger partial charge in [-0.05, 0) is 54.2 Å². The van der Waals surface area contributed by atoms with Gasteiger partial charge < -0.3 is 34.5 Å². The van der Waals surface area contributed by atoms with Crippen LogP contribution in [0, 0.1) is 0 Å². The highest BCUT2D eigenvalue weighted by molar-refractivity contribution is 7.64. The molecule has 0 spiro atoms. The molecule has 0 aromatic heterocycles. The van der Waals surface area contributed by atoms with E-state index in [0.29, 0.717) is 29.1 Å². The van der Waals surface area contributed by atoms with Crippen LogP contribution in [0.4, 0.5) is 0 Å². The van der Waals surface area contributed by atoms with E-state index in [1.807, 2.05) is 24.3 Å². The molecular weight excluding hydrogens is 467 g/mol. The van der Waals surface area contributed by atoms with E-state index in [1.54, 1.807) is 18.2 Å². The number of aliphatic hydroxyl groups excluding tert-OH is 4. The molecule has 0 radical (unpaired) electrons. The molecule has 0 saturated carbocycles. The average Bonchev–Trinajstić information content (AvgIpc) is 3.25. The molecule has 0 aliphatic carbocycles. The first kappa shape index (κ1) is 24.7. The summed E-state index contributed by atoms with van der Waals surface area (Å²) in [6.07, 6.45) is -1.68. The van der Waals surface area contributed by atoms with Gasteiger partial charge in [0.25, 0.3) is 0 Å². The van der Waals surface area contributed by atoms with Gasteiger partial charge in [-0.3, -0.25) is 0 Å². The molecule has 4 N–H and O–H groups in total. The quantitative estimate of drug-likeness (QED) is 0.435. The molecular formula is C24H30ClO7P. The summed E-state index contributed by atoms with van der Waals surface area (Å²) in [6, 6.07) is 12.8. The summed E-state index contributed by atoms with van der Waals surface area (Å²) < 4.78 is 24.0. The Kier molecular flexibility index (Phi) is 7.81. The molecule has 2 heterocycles. The number of rotatable bonds is 7. The Labute approximate surface area is 198 Å². The van der Waals surface area contributed by atoms with Crippen molar-refractivity contribution in [2.24, 2.45) is 0 Å². The van der Waals surface area contributed by atoms with Gasteiger partial charge in [0.15, 0.2) is 0 Å². The van der Waals surface area contributed by atoms with Crippen molar-refractivity contribution in [3.05, 3.63) is 64.2 Å². The summed E-state index contributed by atoms with van der Waals surface area (Å²) in [4.78, 5) is 0. The van der Waals surface area contributed by atoms with Gasteiger partial charge in [-0.1, -0.05) is 35.9 Å². The molecule has 2 aliphatic heterocycles. The van der Waals surface area contributed by atoms with Gasteiger partial charge >= 0.3 is 0 Å². The second-order valence-corrected chi connectivity index (χ2v) is 12.6. The lowest BCUT2D eigenvalue weighted by atomic mass is 9.90. The Bertz CT molecular complexity index is 987. The zero-order valence-corrected chi connectivity index (χ0v) is 19.9. The fraction of sp³-hybridized carbons (Fsp3) is 0.500. The Morgan fingerprint density at radius 2 is 1.70 bits per heavy atom.